The molecule has 0 aromatic carbocycles. The van der Waals surface area contributed by atoms with E-state index in [0.717, 1.165) is 0 Å². The highest BCUT2D eigenvalue weighted by Crippen LogP contribution is 1.89. The number of primary amides is 1. The van der Waals surface area contributed by atoms with Gasteiger partial charge in [0.15, 0.2) is 0 Å². The molecule has 5 heteroatoms. The Morgan fingerprint density at radius 2 is 2.22 bits per heavy atom. The molecule has 0 aliphatic rings. The number of amides is 2. The van der Waals surface area contributed by atoms with Crippen molar-refractivity contribution >= 4 is 6.03 Å². The molecule has 0 saturated carbocycles. The van der Waals surface area contributed by atoms with Crippen LogP contribution in [0.3, 0.4) is 0 Å². The van der Waals surface area contributed by atoms with E-state index < -0.39 is 12.4 Å². The molecular weight excluding hydrogens is 124 g/mol. The molecule has 0 aromatic rings. The largest absolute Gasteiger partial charge is 0.351 e. The first-order chi connectivity index (χ1) is 4.09. The number of nitrogens with zero attached hydrogens (tertiary/aromatic N) is 1. The molecule has 4 N–H and O–H groups in total. The van der Waals surface area contributed by atoms with E-state index in [9.17, 15) is 4.79 Å². The summed E-state index contributed by atoms with van der Waals surface area (Å²) in [5.74, 6) is 0. The van der Waals surface area contributed by atoms with Crippen molar-refractivity contribution in [2.75, 3.05) is 6.54 Å². The third-order valence-electron chi connectivity index (χ3n) is 0.903. The maximum Gasteiger partial charge on any atom is 0.318 e. The molecule has 0 rings (SSSR count). The minimum absolute atomic E-state index is 0.188. The van der Waals surface area contributed by atoms with Crippen molar-refractivity contribution in [3.05, 3.63) is 0 Å². The predicted molar refractivity (Wildman–Crippen MR) is 30.2 cm³/mol. The van der Waals surface area contributed by atoms with Crippen LogP contribution >= 0.6 is 0 Å². The van der Waals surface area contributed by atoms with E-state index in [0.29, 0.717) is 4.90 Å². The van der Waals surface area contributed by atoms with Gasteiger partial charge in [0.2, 0.25) is 6.41 Å². The highest BCUT2D eigenvalue weighted by atomic mass is 16.5. The van der Waals surface area contributed by atoms with Crippen LogP contribution in [0.25, 0.3) is 0 Å². The molecule has 2 amide bonds. The van der Waals surface area contributed by atoms with E-state index in [4.69, 9.17) is 15.9 Å². The molecule has 0 aliphatic heterocycles. The molecule has 0 fully saturated rings. The average Bonchev–Trinajstić information content (AvgIpc) is 1.64. The van der Waals surface area contributed by atoms with Gasteiger partial charge in [-0.2, -0.15) is 0 Å². The Morgan fingerprint density at radius 1 is 1.78 bits per heavy atom. The van der Waals surface area contributed by atoms with Gasteiger partial charge in [0.1, 0.15) is 0 Å². The van der Waals surface area contributed by atoms with E-state index >= 15 is 0 Å². The number of hydrogen-bond acceptors (Lipinski definition) is 3. The molecule has 0 radical (unpaired) electrons. The van der Waals surface area contributed by atoms with Crippen LogP contribution in [0.1, 0.15) is 6.92 Å². The lowest BCUT2D eigenvalue weighted by molar-refractivity contribution is -0.129. The number of nitrogens with two attached hydrogens (primary N) is 1. The Bertz CT molecular complexity index is 104. The fourth-order valence-corrected chi connectivity index (χ4v) is 0.433. The molecule has 9 heavy (non-hydrogen) atoms. The van der Waals surface area contributed by atoms with Crippen LogP contribution < -0.4 is 5.73 Å². The first-order valence-corrected chi connectivity index (χ1v) is 2.51. The van der Waals surface area contributed by atoms with Gasteiger partial charge in [0, 0.05) is 6.54 Å². The van der Waals surface area contributed by atoms with E-state index in [-0.39, 0.29) is 6.54 Å². The Kier molecular flexibility index (Phi) is 2.97. The van der Waals surface area contributed by atoms with Crippen LogP contribution in [0.15, 0.2) is 0 Å². The number of carbonyl (C=O) groups is 1. The fraction of sp³-hybridized carbons (Fsp3) is 0.750. The molecule has 0 aromatic heterocycles. The summed E-state index contributed by atoms with van der Waals surface area (Å²) in [5.41, 5.74) is 4.72. The summed E-state index contributed by atoms with van der Waals surface area (Å²) in [6.45, 7) is 1.78. The van der Waals surface area contributed by atoms with Crippen LogP contribution in [0.5, 0.6) is 0 Å². The lowest BCUT2D eigenvalue weighted by atomic mass is 10.6. The molecule has 0 heterocycles. The quantitative estimate of drug-likeness (QED) is 0.408. The van der Waals surface area contributed by atoms with E-state index in [1.807, 2.05) is 0 Å². The number of urea groups is 1. The summed E-state index contributed by atoms with van der Waals surface area (Å²) in [7, 11) is 0. The SMILES string of the molecule is CCN(C(N)=O)C(O)O. The van der Waals surface area contributed by atoms with Crippen molar-refractivity contribution in [3.8, 4) is 0 Å². The molecule has 0 bridgehead atoms. The van der Waals surface area contributed by atoms with Gasteiger partial charge in [0.25, 0.3) is 0 Å². The Morgan fingerprint density at radius 3 is 2.22 bits per heavy atom. The summed E-state index contributed by atoms with van der Waals surface area (Å²) >= 11 is 0. The van der Waals surface area contributed by atoms with Gasteiger partial charge >= 0.3 is 6.03 Å². The van der Waals surface area contributed by atoms with Gasteiger partial charge in [-0.1, -0.05) is 0 Å². The first kappa shape index (κ1) is 8.19. The standard InChI is InChI=1S/C4H10N2O3/c1-2-6(3(5)7)4(8)9/h4,8-9H,2H2,1H3,(H2,5,7). The fourth-order valence-electron chi connectivity index (χ4n) is 0.433. The van der Waals surface area contributed by atoms with Crippen LogP contribution in [0, 0.1) is 0 Å². The van der Waals surface area contributed by atoms with Crippen molar-refractivity contribution in [1.82, 2.24) is 4.90 Å². The molecule has 0 saturated heterocycles. The van der Waals surface area contributed by atoms with Crippen LogP contribution in [-0.4, -0.2) is 34.1 Å². The molecule has 5 nitrogen and oxygen atoms in total. The molecule has 0 unspecified atom stereocenters. The summed E-state index contributed by atoms with van der Waals surface area (Å²) in [5, 5.41) is 16.7. The van der Waals surface area contributed by atoms with E-state index in [2.05, 4.69) is 0 Å². The summed E-state index contributed by atoms with van der Waals surface area (Å²) in [4.78, 5) is 10.9. The number of hydrogen-bond donors (Lipinski definition) is 3. The molecule has 54 valence electrons. The molecule has 0 atom stereocenters. The molecule has 0 spiro atoms. The second kappa shape index (κ2) is 3.26. The Hall–Kier alpha value is -0.810. The van der Waals surface area contributed by atoms with E-state index in [1.165, 1.54) is 0 Å². The average molecular weight is 134 g/mol. The van der Waals surface area contributed by atoms with Crippen molar-refractivity contribution in [1.29, 1.82) is 0 Å². The second-order valence-electron chi connectivity index (χ2n) is 1.47. The third-order valence-corrected chi connectivity index (χ3v) is 0.903. The second-order valence-corrected chi connectivity index (χ2v) is 1.47. The number of rotatable bonds is 2. The lowest BCUT2D eigenvalue weighted by Crippen LogP contribution is -2.43. The summed E-state index contributed by atoms with van der Waals surface area (Å²) in [6, 6.07) is -0.840. The third kappa shape index (κ3) is 2.29. The topological polar surface area (TPSA) is 86.8 Å². The molecule has 0 aliphatic carbocycles. The zero-order chi connectivity index (χ0) is 7.44. The zero-order valence-electron chi connectivity index (χ0n) is 5.11. The van der Waals surface area contributed by atoms with Gasteiger partial charge in [-0.05, 0) is 6.92 Å². The van der Waals surface area contributed by atoms with Gasteiger partial charge in [0.05, 0.1) is 0 Å². The van der Waals surface area contributed by atoms with Crippen LogP contribution in [-0.2, 0) is 0 Å². The van der Waals surface area contributed by atoms with E-state index in [1.54, 1.807) is 6.92 Å². The van der Waals surface area contributed by atoms with Gasteiger partial charge < -0.3 is 15.9 Å². The van der Waals surface area contributed by atoms with Crippen molar-refractivity contribution in [3.63, 3.8) is 0 Å². The summed E-state index contributed by atoms with van der Waals surface area (Å²) in [6.07, 6.45) is -1.78. The maximum atomic E-state index is 10.2. The zero-order valence-corrected chi connectivity index (χ0v) is 5.11. The maximum absolute atomic E-state index is 10.2. The minimum atomic E-state index is -1.78. The number of aliphatic hydroxyl groups excluding tert-OH is 1. The van der Waals surface area contributed by atoms with Crippen LogP contribution in [0.4, 0.5) is 4.79 Å². The minimum Gasteiger partial charge on any atom is -0.351 e. The number of aliphatic hydroxyl groups is 2. The predicted octanol–water partition coefficient (Wildman–Crippen LogP) is -1.34. The monoisotopic (exact) mass is 134 g/mol. The Labute approximate surface area is 52.7 Å². The van der Waals surface area contributed by atoms with Gasteiger partial charge in [-0.15, -0.1) is 0 Å². The van der Waals surface area contributed by atoms with Crippen molar-refractivity contribution < 1.29 is 15.0 Å². The van der Waals surface area contributed by atoms with Gasteiger partial charge in [-0.3, -0.25) is 4.90 Å². The molecular formula is C4H10N2O3. The van der Waals surface area contributed by atoms with Gasteiger partial charge in [-0.25, -0.2) is 4.79 Å². The smallest absolute Gasteiger partial charge is 0.318 e. The van der Waals surface area contributed by atoms with Crippen LogP contribution in [0.2, 0.25) is 0 Å². The first-order valence-electron chi connectivity index (χ1n) is 2.51. The normalized spacial score (nSPS) is 9.78. The summed E-state index contributed by atoms with van der Waals surface area (Å²) < 4.78 is 0. The highest BCUT2D eigenvalue weighted by Gasteiger charge is 2.12. The number of carbonyl (C=O) groups excluding carboxylic acids is 1. The lowest BCUT2D eigenvalue weighted by Gasteiger charge is -2.19. The Balaban J connectivity index is 3.83. The highest BCUT2D eigenvalue weighted by molar-refractivity contribution is 5.71. The van der Waals surface area contributed by atoms with Crippen molar-refractivity contribution in [2.24, 2.45) is 5.73 Å². The van der Waals surface area contributed by atoms with Crippen molar-refractivity contribution in [2.45, 2.75) is 13.3 Å².